The van der Waals surface area contributed by atoms with Crippen molar-refractivity contribution >= 4 is 29.2 Å². The van der Waals surface area contributed by atoms with Gasteiger partial charge in [-0.25, -0.2) is 0 Å². The Morgan fingerprint density at radius 3 is 2.65 bits per heavy atom. The van der Waals surface area contributed by atoms with E-state index in [1.807, 2.05) is 6.92 Å². The van der Waals surface area contributed by atoms with Crippen LogP contribution in [-0.4, -0.2) is 31.7 Å². The largest absolute Gasteiger partial charge is 0.481 e. The second-order valence-electron chi connectivity index (χ2n) is 8.82. The van der Waals surface area contributed by atoms with E-state index in [4.69, 9.17) is 11.6 Å². The summed E-state index contributed by atoms with van der Waals surface area (Å²) < 4.78 is 2.10. The molecule has 1 heterocycles. The summed E-state index contributed by atoms with van der Waals surface area (Å²) in [6.07, 6.45) is 4.86. The molecule has 0 saturated heterocycles. The summed E-state index contributed by atoms with van der Waals surface area (Å²) in [6.45, 7) is 6.22. The van der Waals surface area contributed by atoms with Crippen LogP contribution in [-0.2, 0) is 16.0 Å². The highest BCUT2D eigenvalue weighted by molar-refractivity contribution is 6.31. The Bertz CT molecular complexity index is 937. The number of carboxylic acid groups (broad SMARTS) is 1. The van der Waals surface area contributed by atoms with E-state index in [0.29, 0.717) is 28.5 Å². The number of nitrogens with zero attached hydrogens (tertiary/aromatic N) is 3. The first-order valence-electron chi connectivity index (χ1n) is 11.0. The summed E-state index contributed by atoms with van der Waals surface area (Å²) in [6, 6.07) is 5.63. The van der Waals surface area contributed by atoms with Gasteiger partial charge in [0, 0.05) is 35.5 Å². The minimum absolute atomic E-state index is 0.0229. The van der Waals surface area contributed by atoms with Crippen molar-refractivity contribution in [2.24, 2.45) is 5.92 Å². The molecule has 8 heteroatoms. The zero-order chi connectivity index (χ0) is 22.5. The average molecular weight is 447 g/mol. The van der Waals surface area contributed by atoms with Gasteiger partial charge >= 0.3 is 5.97 Å². The van der Waals surface area contributed by atoms with E-state index in [9.17, 15) is 14.7 Å². The number of hydrogen-bond acceptors (Lipinski definition) is 4. The molecule has 1 aliphatic rings. The quantitative estimate of drug-likeness (QED) is 0.498. The molecule has 1 atom stereocenters. The lowest BCUT2D eigenvalue weighted by Crippen LogP contribution is -2.21. The molecule has 1 unspecified atom stereocenters. The summed E-state index contributed by atoms with van der Waals surface area (Å²) >= 11 is 6.14. The van der Waals surface area contributed by atoms with Crippen LogP contribution >= 0.6 is 11.6 Å². The fourth-order valence-electron chi connectivity index (χ4n) is 3.82. The number of anilines is 1. The van der Waals surface area contributed by atoms with E-state index in [1.54, 1.807) is 18.2 Å². The SMILES string of the molecule is Cc1c(Cl)cccc1NC(=O)CC(CC(=O)O)c1nnc(CCCC(C)C)n1C1CC1. The Morgan fingerprint density at radius 1 is 1.26 bits per heavy atom. The molecule has 1 fully saturated rings. The minimum atomic E-state index is -0.955. The average Bonchev–Trinajstić information content (AvgIpc) is 3.44. The molecule has 0 bridgehead atoms. The molecule has 1 saturated carbocycles. The van der Waals surface area contributed by atoms with Gasteiger partial charge in [-0.15, -0.1) is 10.2 Å². The van der Waals surface area contributed by atoms with Crippen molar-refractivity contribution in [3.05, 3.63) is 40.4 Å². The number of aromatic nitrogens is 3. The number of aryl methyl sites for hydroxylation is 1. The fourth-order valence-corrected chi connectivity index (χ4v) is 3.99. The normalized spacial score (nSPS) is 14.6. The smallest absolute Gasteiger partial charge is 0.304 e. The zero-order valence-electron chi connectivity index (χ0n) is 18.4. The van der Waals surface area contributed by atoms with Crippen LogP contribution in [0.4, 0.5) is 5.69 Å². The number of nitrogens with one attached hydrogen (secondary N) is 1. The van der Waals surface area contributed by atoms with E-state index in [-0.39, 0.29) is 18.7 Å². The van der Waals surface area contributed by atoms with E-state index < -0.39 is 11.9 Å². The van der Waals surface area contributed by atoms with Gasteiger partial charge in [-0.05, 0) is 49.8 Å². The van der Waals surface area contributed by atoms with Crippen molar-refractivity contribution in [3.8, 4) is 0 Å². The van der Waals surface area contributed by atoms with Crippen LogP contribution in [0, 0.1) is 12.8 Å². The van der Waals surface area contributed by atoms with Crippen molar-refractivity contribution in [1.82, 2.24) is 14.8 Å². The van der Waals surface area contributed by atoms with Crippen molar-refractivity contribution in [2.75, 3.05) is 5.32 Å². The topological polar surface area (TPSA) is 97.1 Å². The van der Waals surface area contributed by atoms with E-state index in [2.05, 4.69) is 33.9 Å². The standard InChI is InChI=1S/C23H31ClN4O3/c1-14(2)6-4-9-20-26-27-23(28(20)17-10-11-17)16(13-22(30)31)12-21(29)25-19-8-5-7-18(24)15(19)3/h5,7-8,14,16-17H,4,6,9-13H2,1-3H3,(H,25,29)(H,30,31). The maximum absolute atomic E-state index is 12.8. The summed E-state index contributed by atoms with van der Waals surface area (Å²) in [5.41, 5.74) is 1.41. The van der Waals surface area contributed by atoms with Gasteiger partial charge in [0.1, 0.15) is 11.6 Å². The van der Waals surface area contributed by atoms with Crippen LogP contribution in [0.15, 0.2) is 18.2 Å². The molecule has 2 N–H and O–H groups in total. The highest BCUT2D eigenvalue weighted by Crippen LogP contribution is 2.39. The zero-order valence-corrected chi connectivity index (χ0v) is 19.2. The van der Waals surface area contributed by atoms with Crippen molar-refractivity contribution < 1.29 is 14.7 Å². The molecule has 1 aromatic heterocycles. The van der Waals surface area contributed by atoms with E-state index in [1.165, 1.54) is 0 Å². The maximum Gasteiger partial charge on any atom is 0.304 e. The first-order valence-corrected chi connectivity index (χ1v) is 11.3. The summed E-state index contributed by atoms with van der Waals surface area (Å²) in [5, 5.41) is 21.7. The molecule has 168 valence electrons. The summed E-state index contributed by atoms with van der Waals surface area (Å²) in [5.74, 6) is 0.382. The maximum atomic E-state index is 12.8. The predicted octanol–water partition coefficient (Wildman–Crippen LogP) is 5.14. The molecule has 1 aliphatic carbocycles. The molecule has 1 aromatic carbocycles. The molecule has 2 aromatic rings. The van der Waals surface area contributed by atoms with Crippen molar-refractivity contribution in [3.63, 3.8) is 0 Å². The number of rotatable bonds is 11. The summed E-state index contributed by atoms with van der Waals surface area (Å²) in [4.78, 5) is 24.4. The second-order valence-corrected chi connectivity index (χ2v) is 9.23. The highest BCUT2D eigenvalue weighted by Gasteiger charge is 2.33. The number of halogens is 1. The Morgan fingerprint density at radius 2 is 2.00 bits per heavy atom. The van der Waals surface area contributed by atoms with Crippen LogP contribution in [0.2, 0.25) is 5.02 Å². The number of aliphatic carboxylic acids is 1. The number of carbonyl (C=O) groups excluding carboxylic acids is 1. The van der Waals surface area contributed by atoms with Crippen LogP contribution in [0.25, 0.3) is 0 Å². The summed E-state index contributed by atoms with van der Waals surface area (Å²) in [7, 11) is 0. The number of amides is 1. The highest BCUT2D eigenvalue weighted by atomic mass is 35.5. The number of benzene rings is 1. The molecule has 0 aliphatic heterocycles. The molecule has 31 heavy (non-hydrogen) atoms. The van der Waals surface area contributed by atoms with Gasteiger partial charge in [0.15, 0.2) is 0 Å². The molecular weight excluding hydrogens is 416 g/mol. The van der Waals surface area contributed by atoms with Crippen LogP contribution in [0.5, 0.6) is 0 Å². The molecule has 1 amide bonds. The second kappa shape index (κ2) is 10.3. The molecule has 0 spiro atoms. The number of hydrogen-bond donors (Lipinski definition) is 2. The lowest BCUT2D eigenvalue weighted by Gasteiger charge is -2.17. The van der Waals surface area contributed by atoms with Gasteiger partial charge in [0.25, 0.3) is 0 Å². The van der Waals surface area contributed by atoms with E-state index >= 15 is 0 Å². The number of carboxylic acids is 1. The van der Waals surface area contributed by atoms with E-state index in [0.717, 1.165) is 43.5 Å². The van der Waals surface area contributed by atoms with Crippen LogP contribution in [0.1, 0.15) is 81.5 Å². The van der Waals surface area contributed by atoms with Gasteiger partial charge < -0.3 is 15.0 Å². The third kappa shape index (κ3) is 6.29. The van der Waals surface area contributed by atoms with Gasteiger partial charge in [0.2, 0.25) is 5.91 Å². The third-order valence-corrected chi connectivity index (χ3v) is 6.06. The van der Waals surface area contributed by atoms with Crippen molar-refractivity contribution in [2.45, 2.75) is 77.7 Å². The predicted molar refractivity (Wildman–Crippen MR) is 120 cm³/mol. The molecular formula is C23H31ClN4O3. The van der Waals surface area contributed by atoms with Gasteiger partial charge in [-0.2, -0.15) is 0 Å². The van der Waals surface area contributed by atoms with Crippen LogP contribution < -0.4 is 5.32 Å². The Kier molecular flexibility index (Phi) is 7.70. The lowest BCUT2D eigenvalue weighted by atomic mass is 9.99. The lowest BCUT2D eigenvalue weighted by molar-refractivity contribution is -0.137. The Hall–Kier alpha value is -2.41. The first kappa shape index (κ1) is 23.3. The van der Waals surface area contributed by atoms with Crippen molar-refractivity contribution in [1.29, 1.82) is 0 Å². The number of carbonyl (C=O) groups is 2. The molecule has 3 rings (SSSR count). The van der Waals surface area contributed by atoms with Gasteiger partial charge in [0.05, 0.1) is 6.42 Å². The van der Waals surface area contributed by atoms with Crippen LogP contribution in [0.3, 0.4) is 0 Å². The van der Waals surface area contributed by atoms with Gasteiger partial charge in [-0.1, -0.05) is 37.9 Å². The third-order valence-electron chi connectivity index (χ3n) is 5.65. The first-order chi connectivity index (χ1) is 14.8. The molecule has 7 nitrogen and oxygen atoms in total. The Balaban J connectivity index is 1.78. The minimum Gasteiger partial charge on any atom is -0.481 e. The fraction of sp³-hybridized carbons (Fsp3) is 0.565. The molecule has 0 radical (unpaired) electrons. The monoisotopic (exact) mass is 446 g/mol. The Labute approximate surface area is 188 Å². The van der Waals surface area contributed by atoms with Gasteiger partial charge in [-0.3, -0.25) is 9.59 Å².